The van der Waals surface area contributed by atoms with Crippen molar-refractivity contribution in [3.05, 3.63) is 53.5 Å². The molecule has 1 atom stereocenters. The molecular formula is C18H20N2O3. The molecule has 0 saturated heterocycles. The second kappa shape index (κ2) is 6.69. The lowest BCUT2D eigenvalue weighted by Crippen LogP contribution is -2.41. The van der Waals surface area contributed by atoms with Crippen LogP contribution in [0.2, 0.25) is 0 Å². The monoisotopic (exact) mass is 312 g/mol. The largest absolute Gasteiger partial charge is 0.472 e. The minimum atomic E-state index is -0.628. The zero-order valence-electron chi connectivity index (χ0n) is 13.1. The van der Waals surface area contributed by atoms with Crippen LogP contribution in [0.5, 0.6) is 0 Å². The van der Waals surface area contributed by atoms with E-state index in [0.717, 1.165) is 24.9 Å². The summed E-state index contributed by atoms with van der Waals surface area (Å²) in [6, 6.07) is 6.94. The van der Waals surface area contributed by atoms with E-state index in [9.17, 15) is 9.59 Å². The van der Waals surface area contributed by atoms with Crippen LogP contribution in [0.15, 0.2) is 41.2 Å². The van der Waals surface area contributed by atoms with Gasteiger partial charge >= 0.3 is 0 Å². The Labute approximate surface area is 135 Å². The normalized spacial score (nSPS) is 14.7. The van der Waals surface area contributed by atoms with E-state index < -0.39 is 6.04 Å². The lowest BCUT2D eigenvalue weighted by Gasteiger charge is -2.21. The van der Waals surface area contributed by atoms with E-state index in [2.05, 4.69) is 16.7 Å². The Morgan fingerprint density at radius 2 is 2.00 bits per heavy atom. The first-order valence-electron chi connectivity index (χ1n) is 7.90. The van der Waals surface area contributed by atoms with Gasteiger partial charge in [-0.15, -0.1) is 0 Å². The highest BCUT2D eigenvalue weighted by Gasteiger charge is 2.20. The predicted octanol–water partition coefficient (Wildman–Crippen LogP) is 2.92. The molecule has 5 nitrogen and oxygen atoms in total. The van der Waals surface area contributed by atoms with Gasteiger partial charge in [-0.3, -0.25) is 9.59 Å². The lowest BCUT2D eigenvalue weighted by molar-refractivity contribution is -0.117. The van der Waals surface area contributed by atoms with E-state index in [-0.39, 0.29) is 11.8 Å². The highest BCUT2D eigenvalue weighted by atomic mass is 16.3. The molecule has 1 aromatic carbocycles. The van der Waals surface area contributed by atoms with Gasteiger partial charge in [0.05, 0.1) is 11.8 Å². The maximum absolute atomic E-state index is 12.4. The molecule has 3 rings (SSSR count). The van der Waals surface area contributed by atoms with Gasteiger partial charge < -0.3 is 15.1 Å². The molecule has 0 radical (unpaired) electrons. The molecule has 1 aromatic heterocycles. The third kappa shape index (κ3) is 3.44. The maximum atomic E-state index is 12.4. The summed E-state index contributed by atoms with van der Waals surface area (Å²) in [6.45, 7) is 1.67. The van der Waals surface area contributed by atoms with Gasteiger partial charge in [-0.05, 0) is 55.9 Å². The zero-order chi connectivity index (χ0) is 16.2. The number of furan rings is 1. The molecular weight excluding hydrogens is 292 g/mol. The van der Waals surface area contributed by atoms with Crippen LogP contribution in [0.25, 0.3) is 0 Å². The second-order valence-corrected chi connectivity index (χ2v) is 5.85. The van der Waals surface area contributed by atoms with Crippen LogP contribution in [0.4, 0.5) is 5.69 Å². The van der Waals surface area contributed by atoms with Gasteiger partial charge in [-0.25, -0.2) is 0 Å². The predicted molar refractivity (Wildman–Crippen MR) is 87.3 cm³/mol. The summed E-state index contributed by atoms with van der Waals surface area (Å²) in [5, 5.41) is 5.61. The number of aryl methyl sites for hydroxylation is 1. The Morgan fingerprint density at radius 3 is 2.78 bits per heavy atom. The van der Waals surface area contributed by atoms with Crippen molar-refractivity contribution < 1.29 is 14.0 Å². The Kier molecular flexibility index (Phi) is 4.46. The fourth-order valence-corrected chi connectivity index (χ4v) is 2.88. The van der Waals surface area contributed by atoms with Crippen molar-refractivity contribution in [1.82, 2.24) is 5.32 Å². The summed E-state index contributed by atoms with van der Waals surface area (Å²) in [7, 11) is 0. The van der Waals surface area contributed by atoms with Crippen LogP contribution in [0.3, 0.4) is 0 Å². The van der Waals surface area contributed by atoms with Crippen molar-refractivity contribution in [2.24, 2.45) is 0 Å². The molecule has 2 N–H and O–H groups in total. The van der Waals surface area contributed by atoms with Gasteiger partial charge in [0.15, 0.2) is 0 Å². The number of benzene rings is 1. The van der Waals surface area contributed by atoms with Crippen LogP contribution in [-0.4, -0.2) is 17.9 Å². The number of hydrogen-bond donors (Lipinski definition) is 2. The van der Waals surface area contributed by atoms with Gasteiger partial charge in [-0.1, -0.05) is 12.1 Å². The molecule has 5 heteroatoms. The van der Waals surface area contributed by atoms with Crippen molar-refractivity contribution in [3.63, 3.8) is 0 Å². The molecule has 1 aliphatic rings. The first-order chi connectivity index (χ1) is 11.1. The molecule has 23 heavy (non-hydrogen) atoms. The number of hydrogen-bond acceptors (Lipinski definition) is 3. The van der Waals surface area contributed by atoms with E-state index in [4.69, 9.17) is 4.42 Å². The van der Waals surface area contributed by atoms with Crippen LogP contribution >= 0.6 is 0 Å². The molecule has 2 aromatic rings. The highest BCUT2D eigenvalue weighted by molar-refractivity contribution is 6.01. The van der Waals surface area contributed by atoms with Crippen molar-refractivity contribution in [3.8, 4) is 0 Å². The number of rotatable bonds is 4. The Morgan fingerprint density at radius 1 is 1.17 bits per heavy atom. The van der Waals surface area contributed by atoms with Crippen molar-refractivity contribution in [1.29, 1.82) is 0 Å². The van der Waals surface area contributed by atoms with Gasteiger partial charge in [0.1, 0.15) is 12.3 Å². The van der Waals surface area contributed by atoms with E-state index >= 15 is 0 Å². The van der Waals surface area contributed by atoms with Gasteiger partial charge in [0.2, 0.25) is 5.91 Å². The molecule has 1 aliphatic carbocycles. The molecule has 1 unspecified atom stereocenters. The number of amides is 2. The van der Waals surface area contributed by atoms with Crippen LogP contribution in [0.1, 0.15) is 41.3 Å². The van der Waals surface area contributed by atoms with Gasteiger partial charge in [0.25, 0.3) is 5.91 Å². The quantitative estimate of drug-likeness (QED) is 0.912. The Hall–Kier alpha value is -2.56. The second-order valence-electron chi connectivity index (χ2n) is 5.85. The van der Waals surface area contributed by atoms with E-state index in [1.54, 1.807) is 13.0 Å². The zero-order valence-corrected chi connectivity index (χ0v) is 13.1. The van der Waals surface area contributed by atoms with Crippen LogP contribution in [-0.2, 0) is 17.6 Å². The number of carbonyl (C=O) groups is 2. The molecule has 0 fully saturated rings. The van der Waals surface area contributed by atoms with Crippen molar-refractivity contribution >= 4 is 17.5 Å². The van der Waals surface area contributed by atoms with Gasteiger partial charge in [0, 0.05) is 5.69 Å². The summed E-state index contributed by atoms with van der Waals surface area (Å²) in [5.41, 5.74) is 3.79. The average Bonchev–Trinajstić information content (AvgIpc) is 3.09. The Bertz CT molecular complexity index is 707. The summed E-state index contributed by atoms with van der Waals surface area (Å²) in [6.07, 6.45) is 7.17. The molecule has 2 amide bonds. The minimum absolute atomic E-state index is 0.221. The Balaban J connectivity index is 1.66. The number of carbonyl (C=O) groups excluding carboxylic acids is 2. The van der Waals surface area contributed by atoms with E-state index in [1.807, 2.05) is 12.1 Å². The highest BCUT2D eigenvalue weighted by Crippen LogP contribution is 2.27. The smallest absolute Gasteiger partial charge is 0.255 e. The molecule has 0 saturated carbocycles. The fraction of sp³-hybridized carbons (Fsp3) is 0.333. The third-order valence-electron chi connectivity index (χ3n) is 4.18. The lowest BCUT2D eigenvalue weighted by atomic mass is 9.90. The summed E-state index contributed by atoms with van der Waals surface area (Å²) in [5.74, 6) is -0.544. The third-order valence-corrected chi connectivity index (χ3v) is 4.18. The topological polar surface area (TPSA) is 71.3 Å². The average molecular weight is 312 g/mol. The number of fused-ring (bicyclic) bond motifs is 1. The van der Waals surface area contributed by atoms with Gasteiger partial charge in [-0.2, -0.15) is 0 Å². The van der Waals surface area contributed by atoms with E-state index in [1.165, 1.54) is 30.1 Å². The molecule has 1 heterocycles. The summed E-state index contributed by atoms with van der Waals surface area (Å²) < 4.78 is 4.87. The maximum Gasteiger partial charge on any atom is 0.255 e. The molecule has 120 valence electrons. The molecule has 0 aliphatic heterocycles. The number of anilines is 1. The first-order valence-corrected chi connectivity index (χ1v) is 7.90. The molecule has 0 bridgehead atoms. The van der Waals surface area contributed by atoms with Crippen LogP contribution < -0.4 is 10.6 Å². The standard InChI is InChI=1S/C18H20N2O3/c1-12(19-18(22)14-9-10-23-11-14)17(21)20-16-8-4-6-13-5-2-3-7-15(13)16/h4,6,8-12H,2-3,5,7H2,1H3,(H,19,22)(H,20,21). The minimum Gasteiger partial charge on any atom is -0.472 e. The molecule has 0 spiro atoms. The fourth-order valence-electron chi connectivity index (χ4n) is 2.88. The number of nitrogens with one attached hydrogen (secondary N) is 2. The van der Waals surface area contributed by atoms with Crippen molar-refractivity contribution in [2.75, 3.05) is 5.32 Å². The summed E-state index contributed by atoms with van der Waals surface area (Å²) >= 11 is 0. The first kappa shape index (κ1) is 15.3. The van der Waals surface area contributed by atoms with Crippen LogP contribution in [0, 0.1) is 0 Å². The summed E-state index contributed by atoms with van der Waals surface area (Å²) in [4.78, 5) is 24.3. The van der Waals surface area contributed by atoms with E-state index in [0.29, 0.717) is 5.56 Å². The SMILES string of the molecule is CC(NC(=O)c1ccoc1)C(=O)Nc1cccc2c1CCCC2. The van der Waals surface area contributed by atoms with Crippen molar-refractivity contribution in [2.45, 2.75) is 38.6 Å².